The molecule has 24 heavy (non-hydrogen) atoms. The Hall–Kier alpha value is -1.15. The molecule has 1 amide bonds. The monoisotopic (exact) mass is 376 g/mol. The average Bonchev–Trinajstić information content (AvgIpc) is 2.54. The van der Waals surface area contributed by atoms with Crippen molar-refractivity contribution in [1.29, 1.82) is 0 Å². The van der Waals surface area contributed by atoms with Crippen LogP contribution in [0.4, 0.5) is 0 Å². The summed E-state index contributed by atoms with van der Waals surface area (Å²) in [6, 6.07) is 5.97. The lowest BCUT2D eigenvalue weighted by atomic mass is 10.3. The maximum absolute atomic E-state index is 12.0. The topological polar surface area (TPSA) is 84.5 Å². The molecule has 0 atom stereocenters. The Bertz CT molecular complexity index is 608. The number of hydrogen-bond acceptors (Lipinski definition) is 4. The molecule has 0 saturated carbocycles. The molecule has 0 unspecified atom stereocenters. The van der Waals surface area contributed by atoms with Crippen LogP contribution >= 0.6 is 11.6 Å². The van der Waals surface area contributed by atoms with E-state index in [4.69, 9.17) is 16.3 Å². The summed E-state index contributed by atoms with van der Waals surface area (Å²) >= 11 is 5.78. The summed E-state index contributed by atoms with van der Waals surface area (Å²) in [4.78, 5) is 11.7. The molecular formula is C16H25ClN2O4S. The van der Waals surface area contributed by atoms with E-state index in [1.165, 1.54) is 12.1 Å². The number of sulfonamides is 1. The number of amides is 1. The van der Waals surface area contributed by atoms with E-state index in [-0.39, 0.29) is 23.8 Å². The summed E-state index contributed by atoms with van der Waals surface area (Å²) in [5.41, 5.74) is 0. The number of benzene rings is 1. The minimum atomic E-state index is -3.65. The molecule has 2 N–H and O–H groups in total. The van der Waals surface area contributed by atoms with Crippen molar-refractivity contribution >= 4 is 27.5 Å². The van der Waals surface area contributed by atoms with Gasteiger partial charge in [0.1, 0.15) is 0 Å². The number of carbonyl (C=O) groups excluding carboxylic acids is 1. The average molecular weight is 377 g/mol. The number of rotatable bonds is 12. The van der Waals surface area contributed by atoms with E-state index in [0.29, 0.717) is 18.2 Å². The van der Waals surface area contributed by atoms with E-state index >= 15 is 0 Å². The fourth-order valence-corrected chi connectivity index (χ4v) is 3.19. The lowest BCUT2D eigenvalue weighted by molar-refractivity contribution is -0.120. The van der Waals surface area contributed by atoms with Gasteiger partial charge in [0.25, 0.3) is 0 Å². The standard InChI is InChI=1S/C16H25ClN2O4S/c1-2-3-11-23-12-5-9-18-16(20)8-10-19-24(21,22)15-7-4-6-14(17)13-15/h4,6-7,13,19H,2-3,5,8-12H2,1H3,(H,18,20). The molecule has 0 aromatic heterocycles. The molecule has 0 radical (unpaired) electrons. The molecule has 0 spiro atoms. The molecule has 0 saturated heterocycles. The van der Waals surface area contributed by atoms with Gasteiger partial charge in [0.05, 0.1) is 4.90 Å². The number of halogens is 1. The van der Waals surface area contributed by atoms with Crippen molar-refractivity contribution in [2.24, 2.45) is 0 Å². The van der Waals surface area contributed by atoms with Crippen LogP contribution in [0.2, 0.25) is 5.02 Å². The zero-order valence-electron chi connectivity index (χ0n) is 13.9. The first kappa shape index (κ1) is 20.9. The molecule has 1 aromatic carbocycles. The van der Waals surface area contributed by atoms with Gasteiger partial charge in [-0.25, -0.2) is 13.1 Å². The fraction of sp³-hybridized carbons (Fsp3) is 0.562. The highest BCUT2D eigenvalue weighted by molar-refractivity contribution is 7.89. The van der Waals surface area contributed by atoms with Crippen LogP contribution < -0.4 is 10.0 Å². The van der Waals surface area contributed by atoms with Crippen LogP contribution in [0.1, 0.15) is 32.6 Å². The normalized spacial score (nSPS) is 11.4. The second-order valence-corrected chi connectivity index (χ2v) is 7.48. The van der Waals surface area contributed by atoms with Gasteiger partial charge in [-0.15, -0.1) is 0 Å². The van der Waals surface area contributed by atoms with Gasteiger partial charge < -0.3 is 10.1 Å². The van der Waals surface area contributed by atoms with Crippen molar-refractivity contribution in [1.82, 2.24) is 10.0 Å². The third kappa shape index (κ3) is 8.63. The molecule has 0 fully saturated rings. The largest absolute Gasteiger partial charge is 0.381 e. The first-order valence-corrected chi connectivity index (χ1v) is 9.91. The van der Waals surface area contributed by atoms with Crippen molar-refractivity contribution in [2.45, 2.75) is 37.5 Å². The van der Waals surface area contributed by atoms with Crippen LogP contribution in [0, 0.1) is 0 Å². The van der Waals surface area contributed by atoms with Gasteiger partial charge in [0.15, 0.2) is 0 Å². The van der Waals surface area contributed by atoms with E-state index in [1.54, 1.807) is 12.1 Å². The van der Waals surface area contributed by atoms with Gasteiger partial charge in [0, 0.05) is 37.7 Å². The summed E-state index contributed by atoms with van der Waals surface area (Å²) in [6.07, 6.45) is 2.96. The molecule has 1 aromatic rings. The van der Waals surface area contributed by atoms with Crippen LogP contribution in [0.3, 0.4) is 0 Å². The second-order valence-electron chi connectivity index (χ2n) is 5.27. The smallest absolute Gasteiger partial charge is 0.240 e. The van der Waals surface area contributed by atoms with Crippen LogP contribution in [0.5, 0.6) is 0 Å². The SMILES string of the molecule is CCCCOCCCNC(=O)CCNS(=O)(=O)c1cccc(Cl)c1. The van der Waals surface area contributed by atoms with E-state index in [2.05, 4.69) is 17.0 Å². The zero-order chi connectivity index (χ0) is 17.8. The molecule has 0 aliphatic carbocycles. The first-order chi connectivity index (χ1) is 11.5. The second kappa shape index (κ2) is 11.4. The van der Waals surface area contributed by atoms with Gasteiger partial charge in [-0.1, -0.05) is 31.0 Å². The highest BCUT2D eigenvalue weighted by atomic mass is 35.5. The van der Waals surface area contributed by atoms with Gasteiger partial charge in [-0.3, -0.25) is 4.79 Å². The molecule has 136 valence electrons. The van der Waals surface area contributed by atoms with E-state index in [0.717, 1.165) is 25.9 Å². The molecular weight excluding hydrogens is 352 g/mol. The Labute approximate surface area is 149 Å². The van der Waals surface area contributed by atoms with Crippen molar-refractivity contribution in [3.05, 3.63) is 29.3 Å². The molecule has 6 nitrogen and oxygen atoms in total. The zero-order valence-corrected chi connectivity index (χ0v) is 15.5. The van der Waals surface area contributed by atoms with Crippen molar-refractivity contribution in [3.63, 3.8) is 0 Å². The number of hydrogen-bond donors (Lipinski definition) is 2. The number of nitrogens with one attached hydrogen (secondary N) is 2. The Balaban J connectivity index is 2.18. The molecule has 0 bridgehead atoms. The minimum absolute atomic E-state index is 0.0354. The van der Waals surface area contributed by atoms with Crippen LogP contribution in [-0.2, 0) is 19.6 Å². The number of ether oxygens (including phenoxy) is 1. The highest BCUT2D eigenvalue weighted by Gasteiger charge is 2.14. The molecule has 1 rings (SSSR count). The van der Waals surface area contributed by atoms with Crippen molar-refractivity contribution < 1.29 is 17.9 Å². The fourth-order valence-electron chi connectivity index (χ4n) is 1.86. The lowest BCUT2D eigenvalue weighted by Crippen LogP contribution is -2.31. The van der Waals surface area contributed by atoms with E-state index in [1.807, 2.05) is 0 Å². The predicted octanol–water partition coefficient (Wildman–Crippen LogP) is 2.33. The van der Waals surface area contributed by atoms with Gasteiger partial charge >= 0.3 is 0 Å². The highest BCUT2D eigenvalue weighted by Crippen LogP contribution is 2.14. The van der Waals surface area contributed by atoms with Gasteiger partial charge in [0.2, 0.25) is 15.9 Å². The summed E-state index contributed by atoms with van der Waals surface area (Å²) in [6.45, 7) is 4.02. The summed E-state index contributed by atoms with van der Waals surface area (Å²) in [5, 5.41) is 3.08. The van der Waals surface area contributed by atoms with Crippen LogP contribution in [0.15, 0.2) is 29.2 Å². The van der Waals surface area contributed by atoms with Crippen molar-refractivity contribution in [3.8, 4) is 0 Å². The quantitative estimate of drug-likeness (QED) is 0.548. The van der Waals surface area contributed by atoms with Crippen LogP contribution in [-0.4, -0.2) is 40.6 Å². The molecule has 8 heteroatoms. The Morgan fingerprint density at radius 2 is 1.96 bits per heavy atom. The third-order valence-corrected chi connectivity index (χ3v) is 4.87. The maximum atomic E-state index is 12.0. The third-order valence-electron chi connectivity index (χ3n) is 3.18. The molecule has 0 aliphatic heterocycles. The van der Waals surface area contributed by atoms with Gasteiger partial charge in [-0.2, -0.15) is 0 Å². The van der Waals surface area contributed by atoms with Gasteiger partial charge in [-0.05, 0) is 31.0 Å². The molecule has 0 heterocycles. The Kier molecular flexibility index (Phi) is 9.94. The number of unbranched alkanes of at least 4 members (excludes halogenated alkanes) is 1. The minimum Gasteiger partial charge on any atom is -0.381 e. The van der Waals surface area contributed by atoms with E-state index < -0.39 is 10.0 Å². The van der Waals surface area contributed by atoms with Crippen molar-refractivity contribution in [2.75, 3.05) is 26.3 Å². The Morgan fingerprint density at radius 3 is 2.67 bits per heavy atom. The first-order valence-electron chi connectivity index (χ1n) is 8.05. The maximum Gasteiger partial charge on any atom is 0.240 e. The van der Waals surface area contributed by atoms with E-state index in [9.17, 15) is 13.2 Å². The molecule has 0 aliphatic rings. The number of carbonyl (C=O) groups is 1. The summed E-state index contributed by atoms with van der Waals surface area (Å²) in [7, 11) is -3.65. The summed E-state index contributed by atoms with van der Waals surface area (Å²) < 4.78 is 31.8. The Morgan fingerprint density at radius 1 is 1.21 bits per heavy atom. The lowest BCUT2D eigenvalue weighted by Gasteiger charge is -2.08. The summed E-state index contributed by atoms with van der Waals surface area (Å²) in [5.74, 6) is -0.197. The van der Waals surface area contributed by atoms with Crippen LogP contribution in [0.25, 0.3) is 0 Å². The predicted molar refractivity (Wildman–Crippen MR) is 94.6 cm³/mol.